The van der Waals surface area contributed by atoms with Crippen molar-refractivity contribution in [2.75, 3.05) is 6.54 Å². The zero-order valence-corrected chi connectivity index (χ0v) is 15.2. The van der Waals surface area contributed by atoms with Crippen LogP contribution < -0.4 is 10.1 Å². The van der Waals surface area contributed by atoms with Crippen molar-refractivity contribution in [3.63, 3.8) is 0 Å². The van der Waals surface area contributed by atoms with Gasteiger partial charge < -0.3 is 14.5 Å². The predicted molar refractivity (Wildman–Crippen MR) is 98.4 cm³/mol. The molecule has 136 valence electrons. The molecule has 0 aliphatic rings. The maximum Gasteiger partial charge on any atom is 0.286 e. The minimum absolute atomic E-state index is 0.206. The summed E-state index contributed by atoms with van der Waals surface area (Å²) in [6.07, 6.45) is 4.41. The van der Waals surface area contributed by atoms with Gasteiger partial charge >= 0.3 is 0 Å². The Bertz CT molecular complexity index is 839. The number of aromatic nitrogens is 2. The first kappa shape index (κ1) is 18.1. The molecule has 7 heteroatoms. The molecule has 6 nitrogen and oxygen atoms in total. The van der Waals surface area contributed by atoms with Crippen molar-refractivity contribution in [1.82, 2.24) is 15.1 Å². The van der Waals surface area contributed by atoms with E-state index in [9.17, 15) is 4.79 Å². The van der Waals surface area contributed by atoms with Gasteiger partial charge in [-0.05, 0) is 43.2 Å². The Kier molecular flexibility index (Phi) is 5.96. The molecule has 0 saturated heterocycles. The molecule has 0 aliphatic carbocycles. The number of amides is 1. The fraction of sp³-hybridized carbons (Fsp3) is 0.263. The van der Waals surface area contributed by atoms with E-state index in [1.54, 1.807) is 24.4 Å². The second-order valence-corrected chi connectivity index (χ2v) is 6.23. The fourth-order valence-corrected chi connectivity index (χ4v) is 2.76. The zero-order chi connectivity index (χ0) is 18.4. The van der Waals surface area contributed by atoms with Crippen molar-refractivity contribution in [2.24, 2.45) is 0 Å². The van der Waals surface area contributed by atoms with Crippen molar-refractivity contribution in [1.29, 1.82) is 0 Å². The zero-order valence-electron chi connectivity index (χ0n) is 14.4. The summed E-state index contributed by atoms with van der Waals surface area (Å²) in [7, 11) is 0. The molecule has 0 bridgehead atoms. The number of aryl methyl sites for hydroxylation is 2. The number of carbonyl (C=O) groups is 1. The largest absolute Gasteiger partial charge is 0.484 e. The van der Waals surface area contributed by atoms with Gasteiger partial charge in [-0.2, -0.15) is 5.10 Å². The third kappa shape index (κ3) is 4.67. The van der Waals surface area contributed by atoms with Crippen molar-refractivity contribution in [3.8, 4) is 5.75 Å². The molecule has 26 heavy (non-hydrogen) atoms. The molecule has 0 aliphatic heterocycles. The summed E-state index contributed by atoms with van der Waals surface area (Å²) in [4.78, 5) is 12.1. The molecule has 1 N–H and O–H groups in total. The van der Waals surface area contributed by atoms with Gasteiger partial charge in [0, 0.05) is 25.5 Å². The van der Waals surface area contributed by atoms with Gasteiger partial charge in [0.05, 0.1) is 5.02 Å². The standard InChI is InChI=1S/C19H20ClN3O3/c1-14-5-2-6-16(20)18(14)25-13-15-7-8-17(26-15)19(24)21-9-3-11-23-12-4-10-22-23/h2,4-8,10,12H,3,9,11,13H2,1H3,(H,21,24). The molecule has 1 aromatic carbocycles. The van der Waals surface area contributed by atoms with Gasteiger partial charge in [-0.25, -0.2) is 0 Å². The van der Waals surface area contributed by atoms with E-state index < -0.39 is 0 Å². The van der Waals surface area contributed by atoms with E-state index in [0.29, 0.717) is 23.1 Å². The first-order valence-electron chi connectivity index (χ1n) is 8.36. The summed E-state index contributed by atoms with van der Waals surface area (Å²) < 4.78 is 13.1. The molecular weight excluding hydrogens is 354 g/mol. The number of hydrogen-bond donors (Lipinski definition) is 1. The Hall–Kier alpha value is -2.73. The highest BCUT2D eigenvalue weighted by atomic mass is 35.5. The monoisotopic (exact) mass is 373 g/mol. The number of nitrogens with zero attached hydrogens (tertiary/aromatic N) is 2. The van der Waals surface area contributed by atoms with Crippen molar-refractivity contribution in [2.45, 2.75) is 26.5 Å². The molecule has 0 fully saturated rings. The van der Waals surface area contributed by atoms with Crippen LogP contribution >= 0.6 is 11.6 Å². The number of hydrogen-bond acceptors (Lipinski definition) is 4. The number of rotatable bonds is 8. The molecule has 0 unspecified atom stereocenters. The maximum atomic E-state index is 12.1. The Labute approximate surface area is 156 Å². The van der Waals surface area contributed by atoms with Crippen LogP contribution in [-0.2, 0) is 13.2 Å². The van der Waals surface area contributed by atoms with E-state index in [-0.39, 0.29) is 18.3 Å². The normalized spacial score (nSPS) is 10.7. The predicted octanol–water partition coefficient (Wildman–Crippen LogP) is 3.84. The summed E-state index contributed by atoms with van der Waals surface area (Å²) in [6.45, 7) is 3.42. The Morgan fingerprint density at radius 1 is 1.31 bits per heavy atom. The SMILES string of the molecule is Cc1cccc(Cl)c1OCc1ccc(C(=O)NCCCn2cccn2)o1. The molecule has 2 aromatic heterocycles. The van der Waals surface area contributed by atoms with Crippen molar-refractivity contribution >= 4 is 17.5 Å². The average Bonchev–Trinajstić information content (AvgIpc) is 3.30. The van der Waals surface area contributed by atoms with E-state index >= 15 is 0 Å². The molecule has 1 amide bonds. The van der Waals surface area contributed by atoms with Crippen molar-refractivity contribution in [3.05, 3.63) is 70.9 Å². The summed E-state index contributed by atoms with van der Waals surface area (Å²) in [5.41, 5.74) is 0.944. The van der Waals surface area contributed by atoms with E-state index in [1.807, 2.05) is 36.0 Å². The second-order valence-electron chi connectivity index (χ2n) is 5.82. The lowest BCUT2D eigenvalue weighted by molar-refractivity contribution is 0.0920. The Morgan fingerprint density at radius 3 is 2.96 bits per heavy atom. The molecule has 2 heterocycles. The van der Waals surface area contributed by atoms with Crippen LogP contribution in [0.3, 0.4) is 0 Å². The maximum absolute atomic E-state index is 12.1. The van der Waals surface area contributed by atoms with Crippen molar-refractivity contribution < 1.29 is 13.9 Å². The van der Waals surface area contributed by atoms with Gasteiger partial charge in [-0.3, -0.25) is 9.48 Å². The molecule has 0 saturated carbocycles. The molecule has 0 atom stereocenters. The number of furan rings is 1. The summed E-state index contributed by atoms with van der Waals surface area (Å²) >= 11 is 6.13. The third-order valence-corrected chi connectivity index (χ3v) is 4.11. The number of benzene rings is 1. The van der Waals surface area contributed by atoms with Crippen LogP contribution in [0.25, 0.3) is 0 Å². The minimum Gasteiger partial charge on any atom is -0.484 e. The Morgan fingerprint density at radius 2 is 2.19 bits per heavy atom. The number of halogens is 1. The van der Waals surface area contributed by atoms with Crippen LogP contribution in [0.2, 0.25) is 5.02 Å². The number of ether oxygens (including phenoxy) is 1. The van der Waals surface area contributed by atoms with Gasteiger partial charge in [-0.15, -0.1) is 0 Å². The average molecular weight is 374 g/mol. The topological polar surface area (TPSA) is 69.3 Å². The van der Waals surface area contributed by atoms with Gasteiger partial charge in [0.25, 0.3) is 5.91 Å². The van der Waals surface area contributed by atoms with E-state index in [1.165, 1.54) is 0 Å². The van der Waals surface area contributed by atoms with Crippen LogP contribution in [-0.4, -0.2) is 22.2 Å². The van der Waals surface area contributed by atoms with Crippen LogP contribution in [0, 0.1) is 6.92 Å². The molecule has 0 radical (unpaired) electrons. The van der Waals surface area contributed by atoms with Crippen LogP contribution in [0.15, 0.2) is 53.2 Å². The first-order valence-corrected chi connectivity index (χ1v) is 8.73. The van der Waals surface area contributed by atoms with Crippen LogP contribution in [0.5, 0.6) is 5.75 Å². The number of nitrogens with one attached hydrogen (secondary N) is 1. The molecular formula is C19H20ClN3O3. The highest BCUT2D eigenvalue weighted by Gasteiger charge is 2.12. The molecule has 3 aromatic rings. The number of para-hydroxylation sites is 1. The lowest BCUT2D eigenvalue weighted by atomic mass is 10.2. The van der Waals surface area contributed by atoms with Gasteiger partial charge in [0.2, 0.25) is 0 Å². The lowest BCUT2D eigenvalue weighted by Gasteiger charge is -2.09. The highest BCUT2D eigenvalue weighted by molar-refractivity contribution is 6.32. The van der Waals surface area contributed by atoms with E-state index in [2.05, 4.69) is 10.4 Å². The first-order chi connectivity index (χ1) is 12.6. The highest BCUT2D eigenvalue weighted by Crippen LogP contribution is 2.28. The van der Waals surface area contributed by atoms with Gasteiger partial charge in [0.1, 0.15) is 18.1 Å². The fourth-order valence-electron chi connectivity index (χ4n) is 2.48. The van der Waals surface area contributed by atoms with Crippen LogP contribution in [0.1, 0.15) is 28.3 Å². The van der Waals surface area contributed by atoms with Gasteiger partial charge in [-0.1, -0.05) is 23.7 Å². The molecule has 3 rings (SSSR count). The Balaban J connectivity index is 1.47. The van der Waals surface area contributed by atoms with E-state index in [4.69, 9.17) is 20.8 Å². The lowest BCUT2D eigenvalue weighted by Crippen LogP contribution is -2.24. The quantitative estimate of drug-likeness (QED) is 0.609. The van der Waals surface area contributed by atoms with E-state index in [0.717, 1.165) is 18.5 Å². The summed E-state index contributed by atoms with van der Waals surface area (Å²) in [5.74, 6) is 1.20. The van der Waals surface area contributed by atoms with Gasteiger partial charge in [0.15, 0.2) is 5.76 Å². The van der Waals surface area contributed by atoms with Crippen LogP contribution in [0.4, 0.5) is 0 Å². The summed E-state index contributed by atoms with van der Waals surface area (Å²) in [6, 6.07) is 10.8. The second kappa shape index (κ2) is 8.58. The summed E-state index contributed by atoms with van der Waals surface area (Å²) in [5, 5.41) is 7.49. The minimum atomic E-state index is -0.245. The molecule has 0 spiro atoms. The third-order valence-electron chi connectivity index (χ3n) is 3.82. The number of carbonyl (C=O) groups excluding carboxylic acids is 1. The smallest absolute Gasteiger partial charge is 0.286 e.